The van der Waals surface area contributed by atoms with Gasteiger partial charge in [0.15, 0.2) is 0 Å². The first kappa shape index (κ1) is 17.3. The summed E-state index contributed by atoms with van der Waals surface area (Å²) >= 11 is 0. The molecule has 1 aromatic heterocycles. The maximum absolute atomic E-state index is 9.74. The number of aromatic amines is 1. The third-order valence-electron chi connectivity index (χ3n) is 6.21. The van der Waals surface area contributed by atoms with Crippen LogP contribution >= 0.6 is 0 Å². The molecule has 136 valence electrons. The molecular formula is C23H28N2O. The van der Waals surface area contributed by atoms with E-state index in [1.54, 1.807) is 0 Å². The lowest BCUT2D eigenvalue weighted by molar-refractivity contribution is 0.0618. The first-order valence-electron chi connectivity index (χ1n) is 9.78. The number of hydrogen-bond acceptors (Lipinski definition) is 2. The van der Waals surface area contributed by atoms with E-state index in [1.165, 1.54) is 27.6 Å². The molecule has 0 bridgehead atoms. The number of hydrogen-bond donors (Lipinski definition) is 2. The molecule has 2 N–H and O–H groups in total. The highest BCUT2D eigenvalue weighted by molar-refractivity contribution is 5.83. The monoisotopic (exact) mass is 348 g/mol. The van der Waals surface area contributed by atoms with Crippen LogP contribution < -0.4 is 0 Å². The molecule has 0 saturated carbocycles. The van der Waals surface area contributed by atoms with Crippen LogP contribution in [-0.4, -0.2) is 34.7 Å². The van der Waals surface area contributed by atoms with Crippen molar-refractivity contribution in [3.05, 3.63) is 71.4 Å². The fourth-order valence-corrected chi connectivity index (χ4v) is 4.84. The molecule has 0 aliphatic heterocycles. The minimum Gasteiger partial charge on any atom is -0.395 e. The molecule has 4 rings (SSSR count). The van der Waals surface area contributed by atoms with Crippen LogP contribution in [-0.2, 0) is 18.4 Å². The number of rotatable bonds is 7. The summed E-state index contributed by atoms with van der Waals surface area (Å²) in [6.45, 7) is 4.19. The lowest BCUT2D eigenvalue weighted by Gasteiger charge is -2.42. The maximum atomic E-state index is 9.74. The smallest absolute Gasteiger partial charge is 0.0558 e. The van der Waals surface area contributed by atoms with Gasteiger partial charge in [-0.2, -0.15) is 0 Å². The van der Waals surface area contributed by atoms with Crippen LogP contribution in [0.4, 0.5) is 0 Å². The quantitative estimate of drug-likeness (QED) is 0.670. The van der Waals surface area contributed by atoms with Gasteiger partial charge in [-0.25, -0.2) is 0 Å². The number of benzene rings is 2. The molecule has 3 aromatic rings. The Bertz CT molecular complexity index is 885. The van der Waals surface area contributed by atoms with E-state index < -0.39 is 0 Å². The highest BCUT2D eigenvalue weighted by atomic mass is 16.3. The van der Waals surface area contributed by atoms with Crippen molar-refractivity contribution in [3.63, 3.8) is 0 Å². The molecule has 1 unspecified atom stereocenters. The van der Waals surface area contributed by atoms with E-state index >= 15 is 0 Å². The minimum absolute atomic E-state index is 0.0609. The average molecular weight is 348 g/mol. The second-order valence-corrected chi connectivity index (χ2v) is 7.36. The Kier molecular flexibility index (Phi) is 4.84. The van der Waals surface area contributed by atoms with Crippen molar-refractivity contribution < 1.29 is 5.11 Å². The van der Waals surface area contributed by atoms with Crippen LogP contribution in [0.15, 0.2) is 54.7 Å². The summed E-state index contributed by atoms with van der Waals surface area (Å²) in [7, 11) is 0. The van der Waals surface area contributed by atoms with Crippen molar-refractivity contribution in [2.24, 2.45) is 0 Å². The van der Waals surface area contributed by atoms with Crippen LogP contribution in [0.3, 0.4) is 0 Å². The molecule has 3 heteroatoms. The molecule has 3 nitrogen and oxygen atoms in total. The normalized spacial score (nSPS) is 19.3. The third-order valence-corrected chi connectivity index (χ3v) is 6.21. The van der Waals surface area contributed by atoms with Crippen LogP contribution in [0.5, 0.6) is 0 Å². The summed E-state index contributed by atoms with van der Waals surface area (Å²) in [6.07, 6.45) is 6.50. The van der Waals surface area contributed by atoms with Crippen LogP contribution in [0.1, 0.15) is 36.5 Å². The van der Waals surface area contributed by atoms with Gasteiger partial charge in [-0.15, -0.1) is 0 Å². The van der Waals surface area contributed by atoms with Crippen molar-refractivity contribution in [2.75, 3.05) is 19.7 Å². The predicted octanol–water partition coefficient (Wildman–Crippen LogP) is 4.26. The summed E-state index contributed by atoms with van der Waals surface area (Å²) in [6, 6.07) is 17.4. The Balaban J connectivity index is 1.61. The second-order valence-electron chi connectivity index (χ2n) is 7.36. The molecule has 1 atom stereocenters. The molecule has 0 spiro atoms. The highest BCUT2D eigenvalue weighted by Crippen LogP contribution is 2.44. The number of aliphatic hydroxyl groups is 1. The van der Waals surface area contributed by atoms with Gasteiger partial charge in [-0.1, -0.05) is 49.4 Å². The third kappa shape index (κ3) is 2.85. The van der Waals surface area contributed by atoms with Gasteiger partial charge in [0, 0.05) is 35.7 Å². The molecule has 0 radical (unpaired) electrons. The van der Waals surface area contributed by atoms with E-state index in [2.05, 4.69) is 71.5 Å². The highest BCUT2D eigenvalue weighted by Gasteiger charge is 2.41. The van der Waals surface area contributed by atoms with Gasteiger partial charge >= 0.3 is 0 Å². The van der Waals surface area contributed by atoms with Crippen LogP contribution in [0, 0.1) is 0 Å². The van der Waals surface area contributed by atoms with E-state index in [0.29, 0.717) is 0 Å². The van der Waals surface area contributed by atoms with E-state index in [0.717, 1.165) is 38.8 Å². The lowest BCUT2D eigenvalue weighted by Crippen LogP contribution is -2.46. The summed E-state index contributed by atoms with van der Waals surface area (Å²) in [4.78, 5) is 5.91. The molecule has 1 aliphatic carbocycles. The lowest BCUT2D eigenvalue weighted by atomic mass is 9.86. The van der Waals surface area contributed by atoms with Crippen molar-refractivity contribution in [1.82, 2.24) is 9.88 Å². The molecule has 2 aromatic carbocycles. The Morgan fingerprint density at radius 1 is 1.08 bits per heavy atom. The van der Waals surface area contributed by atoms with Crippen molar-refractivity contribution in [1.29, 1.82) is 0 Å². The van der Waals surface area contributed by atoms with Gasteiger partial charge in [0.2, 0.25) is 0 Å². The molecule has 1 aliphatic rings. The first-order valence-corrected chi connectivity index (χ1v) is 9.78. The number of aliphatic hydroxyl groups excluding tert-OH is 1. The minimum atomic E-state index is 0.0609. The number of H-pyrrole nitrogens is 1. The van der Waals surface area contributed by atoms with E-state index in [1.807, 2.05) is 0 Å². The zero-order valence-electron chi connectivity index (χ0n) is 15.5. The van der Waals surface area contributed by atoms with Crippen LogP contribution in [0.2, 0.25) is 0 Å². The Morgan fingerprint density at radius 2 is 1.88 bits per heavy atom. The Labute approximate surface area is 155 Å². The summed E-state index contributed by atoms with van der Waals surface area (Å²) < 4.78 is 0. The van der Waals surface area contributed by atoms with Crippen molar-refractivity contribution >= 4 is 10.9 Å². The Morgan fingerprint density at radius 3 is 2.73 bits per heavy atom. The van der Waals surface area contributed by atoms with Crippen LogP contribution in [0.25, 0.3) is 10.9 Å². The van der Waals surface area contributed by atoms with Gasteiger partial charge in [-0.05, 0) is 48.4 Å². The van der Waals surface area contributed by atoms with Gasteiger partial charge in [0.1, 0.15) is 0 Å². The zero-order chi connectivity index (χ0) is 18.0. The number of nitrogens with one attached hydrogen (secondary N) is 1. The molecule has 26 heavy (non-hydrogen) atoms. The van der Waals surface area contributed by atoms with Gasteiger partial charge in [0.05, 0.1) is 6.61 Å². The number of nitrogens with zero attached hydrogens (tertiary/aromatic N) is 1. The summed E-state index contributed by atoms with van der Waals surface area (Å²) in [5.41, 5.74) is 5.57. The SMILES string of the molecule is CCC1(N(CCO)CCc2c[nH]c3ccccc23)CCc2ccccc21. The maximum Gasteiger partial charge on any atom is 0.0558 e. The van der Waals surface area contributed by atoms with E-state index in [-0.39, 0.29) is 12.1 Å². The van der Waals surface area contributed by atoms with Gasteiger partial charge in [0.25, 0.3) is 0 Å². The van der Waals surface area contributed by atoms with Gasteiger partial charge in [-0.3, -0.25) is 4.90 Å². The fraction of sp³-hybridized carbons (Fsp3) is 0.391. The number of para-hydroxylation sites is 1. The summed E-state index contributed by atoms with van der Waals surface area (Å²) in [5, 5.41) is 11.0. The second kappa shape index (κ2) is 7.26. The Hall–Kier alpha value is -2.10. The predicted molar refractivity (Wildman–Crippen MR) is 107 cm³/mol. The van der Waals surface area contributed by atoms with Crippen molar-refractivity contribution in [2.45, 2.75) is 38.1 Å². The zero-order valence-corrected chi connectivity index (χ0v) is 15.5. The van der Waals surface area contributed by atoms with Crippen molar-refractivity contribution in [3.8, 4) is 0 Å². The average Bonchev–Trinajstić information content (AvgIpc) is 3.27. The molecule has 0 amide bonds. The standard InChI is InChI=1S/C23H28N2O/c1-2-23(13-11-18-7-3-5-9-21(18)23)25(15-16-26)14-12-19-17-24-22-10-6-4-8-20(19)22/h3-10,17,24,26H,2,11-16H2,1H3. The van der Waals surface area contributed by atoms with E-state index in [4.69, 9.17) is 0 Å². The topological polar surface area (TPSA) is 39.3 Å². The fourth-order valence-electron chi connectivity index (χ4n) is 4.84. The largest absolute Gasteiger partial charge is 0.395 e. The summed E-state index contributed by atoms with van der Waals surface area (Å²) in [5.74, 6) is 0. The molecule has 0 fully saturated rings. The number of aromatic nitrogens is 1. The first-order chi connectivity index (χ1) is 12.8. The molecule has 1 heterocycles. The van der Waals surface area contributed by atoms with E-state index in [9.17, 15) is 5.11 Å². The molecular weight excluding hydrogens is 320 g/mol. The molecule has 0 saturated heterocycles. The number of fused-ring (bicyclic) bond motifs is 2. The van der Waals surface area contributed by atoms with Gasteiger partial charge < -0.3 is 10.1 Å². The number of aryl methyl sites for hydroxylation is 1.